The van der Waals surface area contributed by atoms with E-state index in [1.54, 1.807) is 6.92 Å². The van der Waals surface area contributed by atoms with Crippen molar-refractivity contribution in [1.29, 1.82) is 0 Å². The van der Waals surface area contributed by atoms with Crippen molar-refractivity contribution in [2.24, 2.45) is 0 Å². The molecule has 0 spiro atoms. The Labute approximate surface area is 107 Å². The van der Waals surface area contributed by atoms with Crippen LogP contribution in [0.1, 0.15) is 18.5 Å². The quantitative estimate of drug-likeness (QED) is 0.813. The third-order valence-electron chi connectivity index (χ3n) is 2.71. The van der Waals surface area contributed by atoms with E-state index >= 15 is 0 Å². The molecule has 100 valence electrons. The van der Waals surface area contributed by atoms with Crippen molar-refractivity contribution >= 4 is 5.69 Å². The average molecular weight is 269 g/mol. The first-order valence-corrected chi connectivity index (χ1v) is 5.64. The summed E-state index contributed by atoms with van der Waals surface area (Å²) < 4.78 is 52.6. The molecule has 1 unspecified atom stereocenters. The summed E-state index contributed by atoms with van der Waals surface area (Å²) >= 11 is 0. The van der Waals surface area contributed by atoms with Gasteiger partial charge in [-0.25, -0.2) is 17.6 Å². The Bertz CT molecular complexity index is 578. The molecule has 1 N–H and O–H groups in total. The third-order valence-corrected chi connectivity index (χ3v) is 2.71. The van der Waals surface area contributed by atoms with Crippen molar-refractivity contribution in [3.8, 4) is 0 Å². The highest BCUT2D eigenvalue weighted by molar-refractivity contribution is 5.47. The Morgan fingerprint density at radius 2 is 1.58 bits per heavy atom. The Balaban J connectivity index is 2.25. The van der Waals surface area contributed by atoms with Gasteiger partial charge in [0.2, 0.25) is 0 Å². The van der Waals surface area contributed by atoms with Gasteiger partial charge in [-0.1, -0.05) is 6.07 Å². The van der Waals surface area contributed by atoms with Gasteiger partial charge in [-0.3, -0.25) is 0 Å². The first-order valence-electron chi connectivity index (χ1n) is 5.64. The van der Waals surface area contributed by atoms with E-state index in [0.717, 1.165) is 24.3 Å². The Hall–Kier alpha value is -2.04. The zero-order chi connectivity index (χ0) is 14.0. The Morgan fingerprint density at radius 3 is 2.21 bits per heavy atom. The highest BCUT2D eigenvalue weighted by Gasteiger charge is 2.13. The van der Waals surface area contributed by atoms with E-state index in [0.29, 0.717) is 5.56 Å². The van der Waals surface area contributed by atoms with Crippen molar-refractivity contribution < 1.29 is 17.6 Å². The average Bonchev–Trinajstić information content (AvgIpc) is 2.33. The van der Waals surface area contributed by atoms with Gasteiger partial charge in [0.05, 0.1) is 5.69 Å². The summed E-state index contributed by atoms with van der Waals surface area (Å²) in [6.45, 7) is 1.60. The summed E-state index contributed by atoms with van der Waals surface area (Å²) in [4.78, 5) is 0. The van der Waals surface area contributed by atoms with E-state index in [2.05, 4.69) is 5.32 Å². The molecule has 0 aliphatic heterocycles. The molecule has 0 bridgehead atoms. The van der Waals surface area contributed by atoms with Crippen molar-refractivity contribution in [1.82, 2.24) is 0 Å². The number of hydrogen-bond acceptors (Lipinski definition) is 1. The van der Waals surface area contributed by atoms with E-state index < -0.39 is 29.3 Å². The normalized spacial score (nSPS) is 12.3. The second-order valence-corrected chi connectivity index (χ2v) is 4.17. The maximum absolute atomic E-state index is 13.5. The van der Waals surface area contributed by atoms with Crippen LogP contribution in [0, 0.1) is 23.3 Å². The summed E-state index contributed by atoms with van der Waals surface area (Å²) in [6, 6.07) is 6.15. The predicted octanol–water partition coefficient (Wildman–Crippen LogP) is 4.42. The highest BCUT2D eigenvalue weighted by Crippen LogP contribution is 2.24. The van der Waals surface area contributed by atoms with Gasteiger partial charge in [0.1, 0.15) is 11.6 Å². The van der Waals surface area contributed by atoms with Gasteiger partial charge < -0.3 is 5.32 Å². The second kappa shape index (κ2) is 5.30. The van der Waals surface area contributed by atoms with Crippen LogP contribution in [-0.2, 0) is 0 Å². The second-order valence-electron chi connectivity index (χ2n) is 4.17. The highest BCUT2D eigenvalue weighted by atomic mass is 19.2. The van der Waals surface area contributed by atoms with Crippen LogP contribution in [0.4, 0.5) is 23.2 Å². The summed E-state index contributed by atoms with van der Waals surface area (Å²) in [5.41, 5.74) is 0.248. The number of hydrogen-bond donors (Lipinski definition) is 1. The van der Waals surface area contributed by atoms with Crippen LogP contribution in [-0.4, -0.2) is 0 Å². The van der Waals surface area contributed by atoms with E-state index in [9.17, 15) is 17.6 Å². The van der Waals surface area contributed by atoms with Crippen LogP contribution in [0.25, 0.3) is 0 Å². The van der Waals surface area contributed by atoms with Gasteiger partial charge in [-0.05, 0) is 36.8 Å². The van der Waals surface area contributed by atoms with Crippen molar-refractivity contribution in [3.63, 3.8) is 0 Å². The zero-order valence-electron chi connectivity index (χ0n) is 10.1. The number of anilines is 1. The fourth-order valence-electron chi connectivity index (χ4n) is 1.76. The van der Waals surface area contributed by atoms with Gasteiger partial charge >= 0.3 is 0 Å². The zero-order valence-corrected chi connectivity index (χ0v) is 10.1. The Morgan fingerprint density at radius 1 is 0.947 bits per heavy atom. The minimum absolute atomic E-state index is 0.0582. The summed E-state index contributed by atoms with van der Waals surface area (Å²) in [7, 11) is 0. The number of halogens is 4. The fourth-order valence-corrected chi connectivity index (χ4v) is 1.76. The van der Waals surface area contributed by atoms with E-state index in [4.69, 9.17) is 0 Å². The molecule has 5 heteroatoms. The van der Waals surface area contributed by atoms with Gasteiger partial charge in [-0.2, -0.15) is 0 Å². The third kappa shape index (κ3) is 3.05. The maximum atomic E-state index is 13.5. The van der Waals surface area contributed by atoms with Crippen LogP contribution in [0.3, 0.4) is 0 Å². The number of nitrogens with one attached hydrogen (secondary N) is 1. The van der Waals surface area contributed by atoms with Gasteiger partial charge in [-0.15, -0.1) is 0 Å². The van der Waals surface area contributed by atoms with Crippen LogP contribution >= 0.6 is 0 Å². The predicted molar refractivity (Wildman–Crippen MR) is 64.8 cm³/mol. The van der Waals surface area contributed by atoms with Crippen molar-refractivity contribution in [2.45, 2.75) is 13.0 Å². The molecular weight excluding hydrogens is 258 g/mol. The molecule has 2 aromatic carbocycles. The molecule has 0 saturated heterocycles. The molecule has 0 amide bonds. The lowest BCUT2D eigenvalue weighted by Gasteiger charge is -2.16. The summed E-state index contributed by atoms with van der Waals surface area (Å²) in [5, 5.41) is 2.67. The van der Waals surface area contributed by atoms with Crippen LogP contribution in [0.5, 0.6) is 0 Å². The van der Waals surface area contributed by atoms with Crippen molar-refractivity contribution in [3.05, 3.63) is 65.2 Å². The van der Waals surface area contributed by atoms with Gasteiger partial charge in [0.15, 0.2) is 11.6 Å². The molecule has 0 fully saturated rings. The molecular formula is C14H11F4N. The number of rotatable bonds is 3. The lowest BCUT2D eigenvalue weighted by molar-refractivity contribution is 0.510. The molecule has 2 aromatic rings. The molecule has 0 radical (unpaired) electrons. The van der Waals surface area contributed by atoms with Gasteiger partial charge in [0, 0.05) is 12.1 Å². The van der Waals surface area contributed by atoms with Crippen molar-refractivity contribution in [2.75, 3.05) is 5.32 Å². The largest absolute Gasteiger partial charge is 0.376 e. The number of benzene rings is 2. The Kier molecular flexibility index (Phi) is 3.74. The summed E-state index contributed by atoms with van der Waals surface area (Å²) in [5.74, 6) is -3.44. The molecule has 0 heterocycles. The topological polar surface area (TPSA) is 12.0 Å². The molecule has 0 saturated carbocycles. The van der Waals surface area contributed by atoms with Crippen LogP contribution in [0.15, 0.2) is 36.4 Å². The molecule has 0 aliphatic rings. The standard InChI is InChI=1S/C14H11F4N/c1-8(9-5-10(15)7-11(16)6-9)19-13-4-2-3-12(17)14(13)18/h2-8,19H,1H3. The van der Waals surface area contributed by atoms with Gasteiger partial charge in [0.25, 0.3) is 0 Å². The maximum Gasteiger partial charge on any atom is 0.181 e. The monoisotopic (exact) mass is 269 g/mol. The first kappa shape index (κ1) is 13.4. The first-order chi connectivity index (χ1) is 8.97. The summed E-state index contributed by atoms with van der Waals surface area (Å²) in [6.07, 6.45) is 0. The van der Waals surface area contributed by atoms with E-state index in [1.165, 1.54) is 12.1 Å². The van der Waals surface area contributed by atoms with Crippen LogP contribution < -0.4 is 5.32 Å². The SMILES string of the molecule is CC(Nc1cccc(F)c1F)c1cc(F)cc(F)c1. The fraction of sp³-hybridized carbons (Fsp3) is 0.143. The van der Waals surface area contributed by atoms with E-state index in [-0.39, 0.29) is 5.69 Å². The molecule has 0 aliphatic carbocycles. The van der Waals surface area contributed by atoms with E-state index in [1.807, 2.05) is 0 Å². The molecule has 1 atom stereocenters. The minimum atomic E-state index is -1.02. The molecule has 1 nitrogen and oxygen atoms in total. The smallest absolute Gasteiger partial charge is 0.181 e. The molecule has 19 heavy (non-hydrogen) atoms. The molecule has 0 aromatic heterocycles. The molecule has 2 rings (SSSR count). The minimum Gasteiger partial charge on any atom is -0.376 e. The lowest BCUT2D eigenvalue weighted by Crippen LogP contribution is -2.09. The lowest BCUT2D eigenvalue weighted by atomic mass is 10.1. The van der Waals surface area contributed by atoms with Crippen LogP contribution in [0.2, 0.25) is 0 Å².